The van der Waals surface area contributed by atoms with E-state index in [-0.39, 0.29) is 0 Å². The first-order valence-electron chi connectivity index (χ1n) is 8.89. The number of methoxy groups -OCH3 is 1. The first-order chi connectivity index (χ1) is 12.9. The monoisotopic (exact) mass is 385 g/mol. The van der Waals surface area contributed by atoms with Gasteiger partial charge >= 0.3 is 0 Å². The largest absolute Gasteiger partial charge is 0.497 e. The van der Waals surface area contributed by atoms with Crippen LogP contribution in [0.3, 0.4) is 0 Å². The second kappa shape index (κ2) is 6.49. The first kappa shape index (κ1) is 17.7. The number of anilines is 2. The van der Waals surface area contributed by atoms with Crippen molar-refractivity contribution in [3.63, 3.8) is 0 Å². The van der Waals surface area contributed by atoms with Crippen molar-refractivity contribution in [3.8, 4) is 17.0 Å². The van der Waals surface area contributed by atoms with Crippen LogP contribution in [0, 0.1) is 5.92 Å². The Balaban J connectivity index is 1.83. The van der Waals surface area contributed by atoms with E-state index in [9.17, 15) is 8.42 Å². The second-order valence-electron chi connectivity index (χ2n) is 7.15. The fourth-order valence-corrected chi connectivity index (χ4v) is 4.02. The Hall–Kier alpha value is -2.67. The van der Waals surface area contributed by atoms with Crippen LogP contribution >= 0.6 is 0 Å². The lowest BCUT2D eigenvalue weighted by atomic mass is 10.1. The Morgan fingerprint density at radius 1 is 1.19 bits per heavy atom. The number of hydrogen-bond acceptors (Lipinski definition) is 4. The maximum Gasteiger partial charge on any atom is 0.229 e. The number of ether oxygens (including phenoxy) is 1. The second-order valence-corrected chi connectivity index (χ2v) is 8.90. The van der Waals surface area contributed by atoms with Crippen LogP contribution in [0.2, 0.25) is 0 Å². The standard InChI is InChI=1S/C20H23N3O3S/c1-26-16-9-10-17-18(11-16)23(12-13-3-4-13)20(19(17)21)14-5-7-15(8-6-14)22-27(2,24)25/h5-11,13,22H,3-4,12,21H2,1-2H3. The molecule has 0 atom stereocenters. The molecule has 4 rings (SSSR count). The van der Waals surface area contributed by atoms with Crippen LogP contribution in [0.25, 0.3) is 22.2 Å². The van der Waals surface area contributed by atoms with Crippen LogP contribution in [-0.2, 0) is 16.6 Å². The molecule has 1 aliphatic rings. The van der Waals surface area contributed by atoms with E-state index in [1.165, 1.54) is 12.8 Å². The van der Waals surface area contributed by atoms with Crippen molar-refractivity contribution >= 4 is 32.3 Å². The quantitative estimate of drug-likeness (QED) is 0.678. The molecule has 1 aromatic heterocycles. The Bertz CT molecular complexity index is 1100. The normalized spacial score (nSPS) is 14.4. The first-order valence-corrected chi connectivity index (χ1v) is 10.8. The molecule has 7 heteroatoms. The third-order valence-corrected chi connectivity index (χ3v) is 5.52. The van der Waals surface area contributed by atoms with Crippen molar-refractivity contribution in [3.05, 3.63) is 42.5 Å². The van der Waals surface area contributed by atoms with Crippen molar-refractivity contribution in [2.24, 2.45) is 5.92 Å². The van der Waals surface area contributed by atoms with E-state index in [0.717, 1.165) is 46.4 Å². The number of aromatic nitrogens is 1. The van der Waals surface area contributed by atoms with Crippen LogP contribution in [0.5, 0.6) is 5.75 Å². The minimum absolute atomic E-state index is 0.534. The van der Waals surface area contributed by atoms with Gasteiger partial charge in [-0.25, -0.2) is 8.42 Å². The van der Waals surface area contributed by atoms with Crippen molar-refractivity contribution in [2.75, 3.05) is 23.8 Å². The topological polar surface area (TPSA) is 86.3 Å². The number of nitrogens with one attached hydrogen (secondary N) is 1. The molecule has 142 valence electrons. The Morgan fingerprint density at radius 2 is 1.89 bits per heavy atom. The average Bonchev–Trinajstić information content (AvgIpc) is 3.40. The number of nitrogens with zero attached hydrogens (tertiary/aromatic N) is 1. The average molecular weight is 385 g/mol. The third-order valence-electron chi connectivity index (χ3n) is 4.91. The fraction of sp³-hybridized carbons (Fsp3) is 0.300. The number of benzene rings is 2. The Morgan fingerprint density at radius 3 is 2.48 bits per heavy atom. The molecule has 3 N–H and O–H groups in total. The van der Waals surface area contributed by atoms with Gasteiger partial charge in [0.15, 0.2) is 0 Å². The van der Waals surface area contributed by atoms with Gasteiger partial charge in [-0.1, -0.05) is 12.1 Å². The number of sulfonamides is 1. The number of nitrogens with two attached hydrogens (primary N) is 1. The zero-order valence-electron chi connectivity index (χ0n) is 15.4. The van der Waals surface area contributed by atoms with E-state index in [2.05, 4.69) is 9.29 Å². The van der Waals surface area contributed by atoms with Crippen molar-refractivity contribution < 1.29 is 13.2 Å². The van der Waals surface area contributed by atoms with E-state index in [4.69, 9.17) is 10.5 Å². The minimum atomic E-state index is -3.30. The summed E-state index contributed by atoms with van der Waals surface area (Å²) in [6.45, 7) is 0.916. The van der Waals surface area contributed by atoms with E-state index >= 15 is 0 Å². The highest BCUT2D eigenvalue weighted by molar-refractivity contribution is 7.92. The summed E-state index contributed by atoms with van der Waals surface area (Å²) in [6, 6.07) is 13.3. The maximum atomic E-state index is 11.4. The molecule has 1 saturated carbocycles. The molecular formula is C20H23N3O3S. The predicted octanol–water partition coefficient (Wildman–Crippen LogP) is 3.68. The number of nitrogen functional groups attached to an aromatic ring is 1. The summed E-state index contributed by atoms with van der Waals surface area (Å²) in [5.41, 5.74) is 10.8. The maximum absolute atomic E-state index is 11.4. The summed E-state index contributed by atoms with van der Waals surface area (Å²) >= 11 is 0. The van der Waals surface area contributed by atoms with Gasteiger partial charge in [-0.05, 0) is 43.0 Å². The molecular weight excluding hydrogens is 362 g/mol. The van der Waals surface area contributed by atoms with Crippen molar-refractivity contribution in [1.29, 1.82) is 0 Å². The molecule has 3 aromatic rings. The smallest absolute Gasteiger partial charge is 0.229 e. The van der Waals surface area contributed by atoms with Crippen LogP contribution in [0.15, 0.2) is 42.5 Å². The van der Waals surface area contributed by atoms with Crippen LogP contribution < -0.4 is 15.2 Å². The Kier molecular flexibility index (Phi) is 4.26. The third kappa shape index (κ3) is 3.60. The zero-order chi connectivity index (χ0) is 19.2. The van der Waals surface area contributed by atoms with E-state index in [1.807, 2.05) is 30.3 Å². The molecule has 0 saturated heterocycles. The van der Waals surface area contributed by atoms with Crippen LogP contribution in [0.4, 0.5) is 11.4 Å². The highest BCUT2D eigenvalue weighted by Gasteiger charge is 2.26. The van der Waals surface area contributed by atoms with Crippen LogP contribution in [0.1, 0.15) is 12.8 Å². The van der Waals surface area contributed by atoms with E-state index in [1.54, 1.807) is 19.2 Å². The zero-order valence-corrected chi connectivity index (χ0v) is 16.2. The predicted molar refractivity (Wildman–Crippen MR) is 110 cm³/mol. The van der Waals surface area contributed by atoms with Crippen molar-refractivity contribution in [1.82, 2.24) is 4.57 Å². The molecule has 27 heavy (non-hydrogen) atoms. The van der Waals surface area contributed by atoms with Crippen molar-refractivity contribution in [2.45, 2.75) is 19.4 Å². The molecule has 0 amide bonds. The van der Waals surface area contributed by atoms with Crippen LogP contribution in [-0.4, -0.2) is 26.4 Å². The molecule has 2 aromatic carbocycles. The lowest BCUT2D eigenvalue weighted by molar-refractivity contribution is 0.415. The molecule has 0 unspecified atom stereocenters. The summed E-state index contributed by atoms with van der Waals surface area (Å²) in [6.07, 6.45) is 3.61. The van der Waals surface area contributed by atoms with Gasteiger partial charge in [0.2, 0.25) is 10.0 Å². The molecule has 1 fully saturated rings. The fourth-order valence-electron chi connectivity index (χ4n) is 3.45. The lowest BCUT2D eigenvalue weighted by Gasteiger charge is -2.12. The molecule has 0 spiro atoms. The number of rotatable bonds is 6. The highest BCUT2D eigenvalue weighted by atomic mass is 32.2. The molecule has 1 aliphatic carbocycles. The van der Waals surface area contributed by atoms with Gasteiger partial charge in [-0.3, -0.25) is 4.72 Å². The van der Waals surface area contributed by atoms with Gasteiger partial charge in [0, 0.05) is 29.2 Å². The van der Waals surface area contributed by atoms with Gasteiger partial charge in [0.05, 0.1) is 30.3 Å². The van der Waals surface area contributed by atoms with Gasteiger partial charge in [-0.15, -0.1) is 0 Å². The van der Waals surface area contributed by atoms with Gasteiger partial charge in [0.25, 0.3) is 0 Å². The summed E-state index contributed by atoms with van der Waals surface area (Å²) in [4.78, 5) is 0. The molecule has 6 nitrogen and oxygen atoms in total. The highest BCUT2D eigenvalue weighted by Crippen LogP contribution is 2.41. The summed E-state index contributed by atoms with van der Waals surface area (Å²) in [5, 5.41) is 1.00. The van der Waals surface area contributed by atoms with E-state index in [0.29, 0.717) is 11.6 Å². The summed E-state index contributed by atoms with van der Waals surface area (Å²) in [5.74, 6) is 1.48. The van der Waals surface area contributed by atoms with Gasteiger partial charge in [0.1, 0.15) is 5.75 Å². The SMILES string of the molecule is COc1ccc2c(N)c(-c3ccc(NS(C)(=O)=O)cc3)n(CC3CC3)c2c1. The summed E-state index contributed by atoms with van der Waals surface area (Å²) < 4.78 is 33.0. The Labute approximate surface area is 159 Å². The van der Waals surface area contributed by atoms with Gasteiger partial charge < -0.3 is 15.0 Å². The number of fused-ring (bicyclic) bond motifs is 1. The minimum Gasteiger partial charge on any atom is -0.497 e. The number of hydrogen-bond donors (Lipinski definition) is 2. The summed E-state index contributed by atoms with van der Waals surface area (Å²) in [7, 11) is -1.64. The lowest BCUT2D eigenvalue weighted by Crippen LogP contribution is -2.09. The molecule has 0 radical (unpaired) electrons. The molecule has 1 heterocycles. The van der Waals surface area contributed by atoms with Gasteiger partial charge in [-0.2, -0.15) is 0 Å². The van der Waals surface area contributed by atoms with E-state index < -0.39 is 10.0 Å². The molecule has 0 bridgehead atoms. The molecule has 0 aliphatic heterocycles.